The van der Waals surface area contributed by atoms with Crippen molar-refractivity contribution in [2.75, 3.05) is 20.1 Å². The van der Waals surface area contributed by atoms with Crippen LogP contribution >= 0.6 is 0 Å². The summed E-state index contributed by atoms with van der Waals surface area (Å²) in [5.41, 5.74) is 0.890. The van der Waals surface area contributed by atoms with E-state index in [1.807, 2.05) is 17.0 Å². The number of ether oxygens (including phenoxy) is 1. The van der Waals surface area contributed by atoms with Gasteiger partial charge in [0.15, 0.2) is 0 Å². The van der Waals surface area contributed by atoms with Crippen molar-refractivity contribution in [2.45, 2.75) is 57.2 Å². The van der Waals surface area contributed by atoms with Gasteiger partial charge in [0.05, 0.1) is 6.54 Å². The van der Waals surface area contributed by atoms with Gasteiger partial charge in [-0.25, -0.2) is 4.79 Å². The molecular weight excluding hydrogens is 358 g/mol. The first-order valence-electron chi connectivity index (χ1n) is 10.1. The van der Waals surface area contributed by atoms with Gasteiger partial charge in [-0.15, -0.1) is 0 Å². The summed E-state index contributed by atoms with van der Waals surface area (Å²) in [6.45, 7) is 2.05. The van der Waals surface area contributed by atoms with Crippen LogP contribution in [0.1, 0.15) is 44.4 Å². The predicted octanol–water partition coefficient (Wildman–Crippen LogP) is 3.11. The molecular formula is C20H27N5O3. The molecule has 1 aliphatic carbocycles. The fraction of sp³-hybridized carbons (Fsp3) is 0.600. The van der Waals surface area contributed by atoms with E-state index in [2.05, 4.69) is 27.1 Å². The van der Waals surface area contributed by atoms with E-state index in [1.54, 1.807) is 12.4 Å². The van der Waals surface area contributed by atoms with Gasteiger partial charge in [0.1, 0.15) is 6.10 Å². The first-order valence-corrected chi connectivity index (χ1v) is 10.1. The number of carbonyl (C=O) groups is 1. The largest absolute Gasteiger partial charge is 0.446 e. The van der Waals surface area contributed by atoms with Crippen LogP contribution in [0.4, 0.5) is 4.79 Å². The van der Waals surface area contributed by atoms with Crippen molar-refractivity contribution in [3.8, 4) is 11.4 Å². The molecule has 2 fully saturated rings. The van der Waals surface area contributed by atoms with E-state index in [-0.39, 0.29) is 12.2 Å². The highest BCUT2D eigenvalue weighted by molar-refractivity contribution is 5.68. The lowest BCUT2D eigenvalue weighted by Gasteiger charge is -2.36. The summed E-state index contributed by atoms with van der Waals surface area (Å²) >= 11 is 0. The van der Waals surface area contributed by atoms with Gasteiger partial charge in [-0.05, 0) is 57.7 Å². The Hall–Kier alpha value is -2.48. The molecule has 0 bridgehead atoms. The molecule has 0 N–H and O–H groups in total. The first-order chi connectivity index (χ1) is 13.7. The molecule has 28 heavy (non-hydrogen) atoms. The Balaban J connectivity index is 1.25. The topological polar surface area (TPSA) is 84.6 Å². The Bertz CT molecular complexity index is 767. The molecule has 2 aliphatic rings. The van der Waals surface area contributed by atoms with Crippen LogP contribution in [0.15, 0.2) is 29.0 Å². The van der Waals surface area contributed by atoms with Crippen LogP contribution in [-0.4, -0.2) is 63.3 Å². The summed E-state index contributed by atoms with van der Waals surface area (Å²) in [4.78, 5) is 24.9. The highest BCUT2D eigenvalue weighted by atomic mass is 16.6. The van der Waals surface area contributed by atoms with Crippen molar-refractivity contribution in [2.24, 2.45) is 0 Å². The zero-order chi connectivity index (χ0) is 19.3. The number of piperidine rings is 1. The summed E-state index contributed by atoms with van der Waals surface area (Å²) in [5, 5.41) is 4.06. The summed E-state index contributed by atoms with van der Waals surface area (Å²) in [6, 6.07) is 4.10. The smallest absolute Gasteiger partial charge is 0.410 e. The number of amides is 1. The van der Waals surface area contributed by atoms with E-state index in [0.29, 0.717) is 24.3 Å². The second-order valence-electron chi connectivity index (χ2n) is 7.67. The van der Waals surface area contributed by atoms with Crippen LogP contribution in [0.2, 0.25) is 0 Å². The van der Waals surface area contributed by atoms with Crippen LogP contribution in [0.5, 0.6) is 0 Å². The molecule has 0 aromatic carbocycles. The second-order valence-corrected chi connectivity index (χ2v) is 7.67. The maximum Gasteiger partial charge on any atom is 0.410 e. The average Bonchev–Trinajstić information content (AvgIpc) is 3.41. The number of pyridine rings is 1. The molecule has 150 valence electrons. The minimum atomic E-state index is -0.146. The SMILES string of the molecule is CN(Cc1nc(-c2ccncc2)no1)C1CCN(C(=O)OC2CCCC2)CC1. The minimum absolute atomic E-state index is 0.125. The number of carbonyl (C=O) groups excluding carboxylic acids is 1. The van der Waals surface area contributed by atoms with Crippen molar-refractivity contribution in [1.29, 1.82) is 0 Å². The summed E-state index contributed by atoms with van der Waals surface area (Å²) in [6.07, 6.45) is 9.60. The minimum Gasteiger partial charge on any atom is -0.446 e. The Morgan fingerprint density at radius 2 is 1.93 bits per heavy atom. The zero-order valence-corrected chi connectivity index (χ0v) is 16.3. The molecule has 0 unspecified atom stereocenters. The van der Waals surface area contributed by atoms with Crippen LogP contribution < -0.4 is 0 Å². The molecule has 0 radical (unpaired) electrons. The predicted molar refractivity (Wildman–Crippen MR) is 102 cm³/mol. The van der Waals surface area contributed by atoms with E-state index < -0.39 is 0 Å². The van der Waals surface area contributed by atoms with E-state index in [4.69, 9.17) is 9.26 Å². The first kappa shape index (κ1) is 18.9. The Labute approximate surface area is 164 Å². The zero-order valence-electron chi connectivity index (χ0n) is 16.3. The van der Waals surface area contributed by atoms with Gasteiger partial charge in [-0.2, -0.15) is 4.98 Å². The number of likely N-dealkylation sites (tertiary alicyclic amines) is 1. The van der Waals surface area contributed by atoms with Gasteiger partial charge in [0, 0.05) is 37.1 Å². The molecule has 1 amide bonds. The number of hydrogen-bond acceptors (Lipinski definition) is 7. The molecule has 8 heteroatoms. The highest BCUT2D eigenvalue weighted by Gasteiger charge is 2.29. The molecule has 1 aliphatic heterocycles. The maximum absolute atomic E-state index is 12.3. The maximum atomic E-state index is 12.3. The van der Waals surface area contributed by atoms with Crippen molar-refractivity contribution in [3.05, 3.63) is 30.4 Å². The molecule has 0 spiro atoms. The second kappa shape index (κ2) is 8.68. The van der Waals surface area contributed by atoms with Crippen molar-refractivity contribution < 1.29 is 14.1 Å². The lowest BCUT2D eigenvalue weighted by molar-refractivity contribution is 0.0479. The summed E-state index contributed by atoms with van der Waals surface area (Å²) in [7, 11) is 2.06. The highest BCUT2D eigenvalue weighted by Crippen LogP contribution is 2.23. The Morgan fingerprint density at radius 1 is 1.21 bits per heavy atom. The molecule has 4 rings (SSSR count). The lowest BCUT2D eigenvalue weighted by Crippen LogP contribution is -2.46. The third-order valence-electron chi connectivity index (χ3n) is 5.71. The molecule has 1 saturated carbocycles. The fourth-order valence-corrected chi connectivity index (χ4v) is 3.99. The molecule has 8 nitrogen and oxygen atoms in total. The van der Waals surface area contributed by atoms with Gasteiger partial charge >= 0.3 is 6.09 Å². The molecule has 0 atom stereocenters. The molecule has 2 aromatic heterocycles. The summed E-state index contributed by atoms with van der Waals surface area (Å²) < 4.78 is 11.0. The normalized spacial score (nSPS) is 18.7. The number of rotatable bonds is 5. The third-order valence-corrected chi connectivity index (χ3v) is 5.71. The quantitative estimate of drug-likeness (QED) is 0.782. The standard InChI is InChI=1S/C20H27N5O3/c1-24(14-18-22-19(23-28-18)15-6-10-21-11-7-15)16-8-12-25(13-9-16)20(26)27-17-4-2-3-5-17/h6-7,10-11,16-17H,2-5,8-9,12-14H2,1H3. The van der Waals surface area contributed by atoms with Crippen molar-refractivity contribution >= 4 is 6.09 Å². The Morgan fingerprint density at radius 3 is 2.64 bits per heavy atom. The number of hydrogen-bond donors (Lipinski definition) is 0. The molecule has 2 aromatic rings. The van der Waals surface area contributed by atoms with E-state index in [1.165, 1.54) is 12.8 Å². The van der Waals surface area contributed by atoms with Crippen LogP contribution in [-0.2, 0) is 11.3 Å². The average molecular weight is 385 g/mol. The number of nitrogens with zero attached hydrogens (tertiary/aromatic N) is 5. The van der Waals surface area contributed by atoms with Crippen molar-refractivity contribution in [3.63, 3.8) is 0 Å². The lowest BCUT2D eigenvalue weighted by atomic mass is 10.0. The van der Waals surface area contributed by atoms with Crippen molar-refractivity contribution in [1.82, 2.24) is 24.9 Å². The van der Waals surface area contributed by atoms with Gasteiger partial charge in [0.25, 0.3) is 0 Å². The summed E-state index contributed by atoms with van der Waals surface area (Å²) in [5.74, 6) is 1.17. The van der Waals surface area contributed by atoms with E-state index in [0.717, 1.165) is 44.3 Å². The van der Waals surface area contributed by atoms with Crippen LogP contribution in [0, 0.1) is 0 Å². The monoisotopic (exact) mass is 385 g/mol. The Kier molecular flexibility index (Phi) is 5.85. The van der Waals surface area contributed by atoms with E-state index in [9.17, 15) is 4.79 Å². The van der Waals surface area contributed by atoms with Gasteiger partial charge in [-0.3, -0.25) is 9.88 Å². The molecule has 1 saturated heterocycles. The van der Waals surface area contributed by atoms with Crippen LogP contribution in [0.25, 0.3) is 11.4 Å². The molecule has 3 heterocycles. The van der Waals surface area contributed by atoms with E-state index >= 15 is 0 Å². The van der Waals surface area contributed by atoms with Gasteiger partial charge in [-0.1, -0.05) is 5.16 Å². The van der Waals surface area contributed by atoms with Gasteiger partial charge < -0.3 is 14.2 Å². The third kappa shape index (κ3) is 4.49. The number of aromatic nitrogens is 3. The van der Waals surface area contributed by atoms with Crippen LogP contribution in [0.3, 0.4) is 0 Å². The fourth-order valence-electron chi connectivity index (χ4n) is 3.99. The van der Waals surface area contributed by atoms with Gasteiger partial charge in [0.2, 0.25) is 11.7 Å².